The van der Waals surface area contributed by atoms with Crippen molar-refractivity contribution >= 4 is 0 Å². The van der Waals surface area contributed by atoms with E-state index in [2.05, 4.69) is 6.92 Å². The van der Waals surface area contributed by atoms with Gasteiger partial charge in [0.05, 0.1) is 25.4 Å². The van der Waals surface area contributed by atoms with Gasteiger partial charge in [-0.2, -0.15) is 0 Å². The van der Waals surface area contributed by atoms with Crippen LogP contribution in [0.5, 0.6) is 0 Å². The first-order valence-electron chi connectivity index (χ1n) is 12.2. The molecule has 0 aliphatic carbocycles. The third kappa shape index (κ3) is 11.6. The Morgan fingerprint density at radius 1 is 0.968 bits per heavy atom. The predicted molar refractivity (Wildman–Crippen MR) is 121 cm³/mol. The molecule has 5 N–H and O–H groups in total. The molecule has 184 valence electrons. The lowest BCUT2D eigenvalue weighted by atomic mass is 9.92. The molecule has 0 fully saturated rings. The highest BCUT2D eigenvalue weighted by atomic mass is 16.7. The lowest BCUT2D eigenvalue weighted by Crippen LogP contribution is -2.42. The van der Waals surface area contributed by atoms with E-state index in [1.807, 2.05) is 6.92 Å². The summed E-state index contributed by atoms with van der Waals surface area (Å²) in [5.41, 5.74) is 0. The van der Waals surface area contributed by atoms with Crippen molar-refractivity contribution in [3.05, 3.63) is 11.8 Å². The highest BCUT2D eigenvalue weighted by Crippen LogP contribution is 2.21. The molecule has 4 unspecified atom stereocenters. The lowest BCUT2D eigenvalue weighted by Gasteiger charge is -2.31. The fourth-order valence-electron chi connectivity index (χ4n) is 3.93. The van der Waals surface area contributed by atoms with E-state index in [9.17, 15) is 20.4 Å². The molecule has 7 nitrogen and oxygen atoms in total. The summed E-state index contributed by atoms with van der Waals surface area (Å²) in [5.74, 6) is -0.231. The van der Waals surface area contributed by atoms with Crippen LogP contribution in [0.4, 0.5) is 0 Å². The Hall–Kier alpha value is -0.700. The van der Waals surface area contributed by atoms with E-state index >= 15 is 0 Å². The maximum Gasteiger partial charge on any atom is 0.188 e. The van der Waals surface area contributed by atoms with E-state index in [0.717, 1.165) is 19.3 Å². The standard InChI is InChI=1S/C24H46O7/c1-3-4-5-6-7-8-9-10-11-12-13-18(2)23(29)19(26)14-15-30-24-21(28)16-20(27)22(17-25)31-24/h16,18-19,21-29H,3-15,17H2,1-2H3/t18?,19-,21?,22?,23+,24?/m0/s1. The molecule has 1 aliphatic heterocycles. The first-order chi connectivity index (χ1) is 14.9. The van der Waals surface area contributed by atoms with Crippen LogP contribution in [0.25, 0.3) is 0 Å². The van der Waals surface area contributed by atoms with Crippen LogP contribution in [-0.2, 0) is 9.47 Å². The molecular weight excluding hydrogens is 400 g/mol. The molecule has 0 saturated carbocycles. The molecule has 0 bridgehead atoms. The van der Waals surface area contributed by atoms with Crippen LogP contribution in [0.3, 0.4) is 0 Å². The molecule has 0 saturated heterocycles. The summed E-state index contributed by atoms with van der Waals surface area (Å²) >= 11 is 0. The van der Waals surface area contributed by atoms with Gasteiger partial charge in [0.2, 0.25) is 0 Å². The SMILES string of the molecule is CCCCCCCCCCCCC(C)[C@@H](O)[C@@H](O)CCOC1OC(CO)C(O)=CC1O. The van der Waals surface area contributed by atoms with Gasteiger partial charge in [-0.05, 0) is 24.8 Å². The van der Waals surface area contributed by atoms with Crippen LogP contribution < -0.4 is 0 Å². The van der Waals surface area contributed by atoms with Crippen LogP contribution >= 0.6 is 0 Å². The molecule has 0 aromatic carbocycles. The molecule has 1 rings (SSSR count). The summed E-state index contributed by atoms with van der Waals surface area (Å²) in [6.45, 7) is 3.85. The van der Waals surface area contributed by atoms with E-state index in [-0.39, 0.29) is 24.7 Å². The fraction of sp³-hybridized carbons (Fsp3) is 0.917. The van der Waals surface area contributed by atoms with Gasteiger partial charge in [-0.3, -0.25) is 0 Å². The highest BCUT2D eigenvalue weighted by Gasteiger charge is 2.31. The van der Waals surface area contributed by atoms with E-state index in [1.165, 1.54) is 57.4 Å². The minimum absolute atomic E-state index is 0.000727. The molecule has 0 aromatic rings. The van der Waals surface area contributed by atoms with Gasteiger partial charge in [0, 0.05) is 0 Å². The number of aliphatic hydroxyl groups is 5. The topological polar surface area (TPSA) is 120 Å². The Bertz CT molecular complexity index is 471. The normalized spacial score (nSPS) is 24.6. The van der Waals surface area contributed by atoms with Crippen molar-refractivity contribution in [1.82, 2.24) is 0 Å². The number of ether oxygens (including phenoxy) is 2. The zero-order valence-electron chi connectivity index (χ0n) is 19.5. The molecule has 1 heterocycles. The maximum absolute atomic E-state index is 10.4. The van der Waals surface area contributed by atoms with Crippen molar-refractivity contribution in [3.63, 3.8) is 0 Å². The van der Waals surface area contributed by atoms with Crippen LogP contribution in [0.1, 0.15) is 90.9 Å². The van der Waals surface area contributed by atoms with Crippen molar-refractivity contribution < 1.29 is 35.0 Å². The molecule has 31 heavy (non-hydrogen) atoms. The average molecular weight is 447 g/mol. The van der Waals surface area contributed by atoms with Gasteiger partial charge in [0.15, 0.2) is 6.29 Å². The van der Waals surface area contributed by atoms with Gasteiger partial charge < -0.3 is 35.0 Å². The van der Waals surface area contributed by atoms with Gasteiger partial charge >= 0.3 is 0 Å². The Labute approximate surface area is 188 Å². The minimum atomic E-state index is -1.15. The third-order valence-corrected chi connectivity index (χ3v) is 6.10. The zero-order chi connectivity index (χ0) is 23.1. The van der Waals surface area contributed by atoms with Crippen molar-refractivity contribution in [2.75, 3.05) is 13.2 Å². The molecule has 0 aromatic heterocycles. The van der Waals surface area contributed by atoms with Gasteiger partial charge in [-0.25, -0.2) is 0 Å². The first-order valence-corrected chi connectivity index (χ1v) is 12.2. The zero-order valence-corrected chi connectivity index (χ0v) is 19.5. The van der Waals surface area contributed by atoms with Crippen LogP contribution in [0, 0.1) is 5.92 Å². The Morgan fingerprint density at radius 2 is 1.55 bits per heavy atom. The summed E-state index contributed by atoms with van der Waals surface area (Å²) in [5, 5.41) is 49.2. The molecule has 6 atom stereocenters. The smallest absolute Gasteiger partial charge is 0.188 e. The van der Waals surface area contributed by atoms with E-state index in [0.29, 0.717) is 0 Å². The van der Waals surface area contributed by atoms with Gasteiger partial charge in [-0.1, -0.05) is 78.1 Å². The largest absolute Gasteiger partial charge is 0.510 e. The summed E-state index contributed by atoms with van der Waals surface area (Å²) in [7, 11) is 0. The number of hydrogen-bond acceptors (Lipinski definition) is 7. The number of unbranched alkanes of at least 4 members (excludes halogenated alkanes) is 9. The lowest BCUT2D eigenvalue weighted by molar-refractivity contribution is -0.221. The Balaban J connectivity index is 2.11. The van der Waals surface area contributed by atoms with Crippen molar-refractivity contribution in [1.29, 1.82) is 0 Å². The van der Waals surface area contributed by atoms with E-state index in [4.69, 9.17) is 14.6 Å². The molecule has 0 amide bonds. The van der Waals surface area contributed by atoms with Crippen molar-refractivity contribution in [2.24, 2.45) is 5.92 Å². The monoisotopic (exact) mass is 446 g/mol. The second kappa shape index (κ2) is 16.9. The molecule has 1 aliphatic rings. The fourth-order valence-corrected chi connectivity index (χ4v) is 3.93. The van der Waals surface area contributed by atoms with Crippen LogP contribution in [-0.4, -0.2) is 69.5 Å². The van der Waals surface area contributed by atoms with Crippen LogP contribution in [0.15, 0.2) is 11.8 Å². The van der Waals surface area contributed by atoms with Gasteiger partial charge in [0.1, 0.15) is 18.0 Å². The van der Waals surface area contributed by atoms with Gasteiger partial charge in [-0.15, -0.1) is 0 Å². The summed E-state index contributed by atoms with van der Waals surface area (Å²) in [6, 6.07) is 0. The van der Waals surface area contributed by atoms with Gasteiger partial charge in [0.25, 0.3) is 0 Å². The van der Waals surface area contributed by atoms with Crippen LogP contribution in [0.2, 0.25) is 0 Å². The second-order valence-corrected chi connectivity index (χ2v) is 8.92. The number of rotatable bonds is 18. The Morgan fingerprint density at radius 3 is 2.13 bits per heavy atom. The average Bonchev–Trinajstić information content (AvgIpc) is 2.75. The molecule has 7 heteroatoms. The highest BCUT2D eigenvalue weighted by molar-refractivity contribution is 5.06. The third-order valence-electron chi connectivity index (χ3n) is 6.10. The number of aliphatic hydroxyl groups excluding tert-OH is 5. The predicted octanol–water partition coefficient (Wildman–Crippen LogP) is 3.58. The van der Waals surface area contributed by atoms with Crippen molar-refractivity contribution in [2.45, 2.75) is 122 Å². The Kier molecular flexibility index (Phi) is 15.4. The quantitative estimate of drug-likeness (QED) is 0.204. The van der Waals surface area contributed by atoms with Crippen molar-refractivity contribution in [3.8, 4) is 0 Å². The second-order valence-electron chi connectivity index (χ2n) is 8.92. The molecule has 0 spiro atoms. The first kappa shape index (κ1) is 28.3. The van der Waals surface area contributed by atoms with E-state index < -0.39 is 37.3 Å². The van der Waals surface area contributed by atoms with E-state index in [1.54, 1.807) is 0 Å². The summed E-state index contributed by atoms with van der Waals surface area (Å²) < 4.78 is 10.7. The summed E-state index contributed by atoms with van der Waals surface area (Å²) in [6.07, 6.45) is 10.1. The number of hydrogen-bond donors (Lipinski definition) is 5. The maximum atomic E-state index is 10.4. The molecule has 0 radical (unpaired) electrons. The molecular formula is C24H46O7. The summed E-state index contributed by atoms with van der Waals surface area (Å²) in [4.78, 5) is 0. The minimum Gasteiger partial charge on any atom is -0.510 e.